The van der Waals surface area contributed by atoms with Crippen LogP contribution in [0, 0.1) is 11.3 Å². The first-order chi connectivity index (χ1) is 8.40. The van der Waals surface area contributed by atoms with Crippen LogP contribution in [-0.2, 0) is 0 Å². The van der Waals surface area contributed by atoms with E-state index < -0.39 is 0 Å². The van der Waals surface area contributed by atoms with Crippen LogP contribution in [0.15, 0.2) is 42.7 Å². The van der Waals surface area contributed by atoms with Gasteiger partial charge in [0.2, 0.25) is 0 Å². The number of nitrogens with zero attached hydrogens (tertiary/aromatic N) is 5. The zero-order valence-electron chi connectivity index (χ0n) is 8.78. The van der Waals surface area contributed by atoms with E-state index in [1.807, 2.05) is 36.4 Å². The van der Waals surface area contributed by atoms with E-state index in [-0.39, 0.29) is 5.69 Å². The number of hydrogen-bond acceptors (Lipinski definition) is 4. The average Bonchev–Trinajstić information content (AvgIpc) is 2.83. The first kappa shape index (κ1) is 9.48. The van der Waals surface area contributed by atoms with Gasteiger partial charge in [0.15, 0.2) is 5.69 Å². The molecule has 0 aliphatic carbocycles. The third-order valence-electron chi connectivity index (χ3n) is 2.48. The van der Waals surface area contributed by atoms with Crippen molar-refractivity contribution in [3.05, 3.63) is 48.4 Å². The van der Waals surface area contributed by atoms with Gasteiger partial charge in [-0.2, -0.15) is 15.5 Å². The molecule has 3 aromatic rings. The minimum Gasteiger partial charge on any atom is -0.230 e. The topological polar surface area (TPSA) is 67.4 Å². The summed E-state index contributed by atoms with van der Waals surface area (Å²) in [5.41, 5.74) is 1.87. The molecule has 0 amide bonds. The van der Waals surface area contributed by atoms with Crippen LogP contribution in [-0.4, -0.2) is 20.0 Å². The number of nitriles is 1. The molecule has 2 aromatic heterocycles. The van der Waals surface area contributed by atoms with Crippen molar-refractivity contribution in [1.29, 1.82) is 5.26 Å². The number of para-hydroxylation sites is 1. The standard InChI is InChI=1S/C12H7N5/c13-6-11-12-9(7-14-16-11)8-15-17(12)10-4-2-1-3-5-10/h1-5,7-8H. The number of aromatic nitrogens is 4. The van der Waals surface area contributed by atoms with E-state index in [1.54, 1.807) is 17.1 Å². The van der Waals surface area contributed by atoms with Crippen molar-refractivity contribution in [3.63, 3.8) is 0 Å². The summed E-state index contributed by atoms with van der Waals surface area (Å²) in [5.74, 6) is 0. The summed E-state index contributed by atoms with van der Waals surface area (Å²) in [5, 5.41) is 21.7. The Labute approximate surface area is 96.9 Å². The van der Waals surface area contributed by atoms with Crippen LogP contribution in [0.4, 0.5) is 0 Å². The molecule has 80 valence electrons. The molecular formula is C12H7N5. The molecule has 0 radical (unpaired) electrons. The Balaban J connectivity index is 2.36. The fourth-order valence-electron chi connectivity index (χ4n) is 1.73. The zero-order chi connectivity index (χ0) is 11.7. The fraction of sp³-hybridized carbons (Fsp3) is 0. The smallest absolute Gasteiger partial charge is 0.189 e. The van der Waals surface area contributed by atoms with Gasteiger partial charge in [-0.1, -0.05) is 18.2 Å². The summed E-state index contributed by atoms with van der Waals surface area (Å²) in [6.45, 7) is 0. The Kier molecular flexibility index (Phi) is 2.06. The maximum Gasteiger partial charge on any atom is 0.189 e. The molecular weight excluding hydrogens is 214 g/mol. The van der Waals surface area contributed by atoms with Crippen LogP contribution in [0.1, 0.15) is 5.69 Å². The highest BCUT2D eigenvalue weighted by Crippen LogP contribution is 2.18. The summed E-state index contributed by atoms with van der Waals surface area (Å²) < 4.78 is 1.70. The second kappa shape index (κ2) is 3.68. The summed E-state index contributed by atoms with van der Waals surface area (Å²) in [6.07, 6.45) is 3.28. The average molecular weight is 221 g/mol. The number of hydrogen-bond donors (Lipinski definition) is 0. The van der Waals surface area contributed by atoms with Crippen LogP contribution < -0.4 is 0 Å². The largest absolute Gasteiger partial charge is 0.230 e. The zero-order valence-corrected chi connectivity index (χ0v) is 8.78. The summed E-state index contributed by atoms with van der Waals surface area (Å²) in [6, 6.07) is 11.7. The van der Waals surface area contributed by atoms with Crippen molar-refractivity contribution >= 4 is 10.9 Å². The first-order valence-corrected chi connectivity index (χ1v) is 5.05. The molecule has 0 saturated heterocycles. The Morgan fingerprint density at radius 1 is 1.12 bits per heavy atom. The Morgan fingerprint density at radius 3 is 2.71 bits per heavy atom. The van der Waals surface area contributed by atoms with Gasteiger partial charge in [0.25, 0.3) is 0 Å². The summed E-state index contributed by atoms with van der Waals surface area (Å²) >= 11 is 0. The van der Waals surface area contributed by atoms with E-state index in [4.69, 9.17) is 5.26 Å². The molecule has 0 bridgehead atoms. The van der Waals surface area contributed by atoms with Crippen LogP contribution in [0.2, 0.25) is 0 Å². The molecule has 3 rings (SSSR count). The minimum atomic E-state index is 0.281. The molecule has 0 aliphatic rings. The Bertz CT molecular complexity index is 709. The molecule has 5 heteroatoms. The van der Waals surface area contributed by atoms with Gasteiger partial charge in [-0.15, -0.1) is 5.10 Å². The molecule has 0 fully saturated rings. The predicted molar refractivity (Wildman–Crippen MR) is 61.4 cm³/mol. The Morgan fingerprint density at radius 2 is 1.94 bits per heavy atom. The quantitative estimate of drug-likeness (QED) is 0.627. The molecule has 0 saturated carbocycles. The van der Waals surface area contributed by atoms with Gasteiger partial charge in [-0.05, 0) is 12.1 Å². The highest BCUT2D eigenvalue weighted by Gasteiger charge is 2.10. The van der Waals surface area contributed by atoms with Gasteiger partial charge in [0.05, 0.1) is 18.1 Å². The van der Waals surface area contributed by atoms with Gasteiger partial charge in [0, 0.05) is 5.39 Å². The monoisotopic (exact) mass is 221 g/mol. The molecule has 0 N–H and O–H groups in total. The van der Waals surface area contributed by atoms with Crippen LogP contribution in [0.5, 0.6) is 0 Å². The SMILES string of the molecule is N#Cc1nncc2cnn(-c3ccccc3)c12. The lowest BCUT2D eigenvalue weighted by Gasteiger charge is -2.02. The van der Waals surface area contributed by atoms with Crippen LogP contribution >= 0.6 is 0 Å². The predicted octanol–water partition coefficient (Wildman–Crippen LogP) is 1.69. The summed E-state index contributed by atoms with van der Waals surface area (Å²) in [7, 11) is 0. The molecule has 1 aromatic carbocycles. The lowest BCUT2D eigenvalue weighted by Crippen LogP contribution is -1.99. The number of benzene rings is 1. The van der Waals surface area contributed by atoms with Gasteiger partial charge in [-0.25, -0.2) is 4.68 Å². The maximum absolute atomic E-state index is 9.03. The van der Waals surface area contributed by atoms with Crippen molar-refractivity contribution in [2.75, 3.05) is 0 Å². The van der Waals surface area contributed by atoms with E-state index in [0.717, 1.165) is 11.1 Å². The molecule has 0 atom stereocenters. The van der Waals surface area contributed by atoms with Crippen LogP contribution in [0.25, 0.3) is 16.6 Å². The van der Waals surface area contributed by atoms with Gasteiger partial charge >= 0.3 is 0 Å². The first-order valence-electron chi connectivity index (χ1n) is 5.05. The van der Waals surface area contributed by atoms with Crippen molar-refractivity contribution < 1.29 is 0 Å². The lowest BCUT2D eigenvalue weighted by molar-refractivity contribution is 0.901. The van der Waals surface area contributed by atoms with Gasteiger partial charge in [0.1, 0.15) is 11.6 Å². The third-order valence-corrected chi connectivity index (χ3v) is 2.48. The van der Waals surface area contributed by atoms with Gasteiger partial charge in [-0.3, -0.25) is 0 Å². The molecule has 0 unspecified atom stereocenters. The van der Waals surface area contributed by atoms with Crippen LogP contribution in [0.3, 0.4) is 0 Å². The number of rotatable bonds is 1. The van der Waals surface area contributed by atoms with E-state index >= 15 is 0 Å². The highest BCUT2D eigenvalue weighted by molar-refractivity contribution is 5.83. The summed E-state index contributed by atoms with van der Waals surface area (Å²) in [4.78, 5) is 0. The van der Waals surface area contributed by atoms with Gasteiger partial charge < -0.3 is 0 Å². The normalized spacial score (nSPS) is 10.3. The highest BCUT2D eigenvalue weighted by atomic mass is 15.3. The molecule has 0 aliphatic heterocycles. The Hall–Kier alpha value is -2.74. The molecule has 2 heterocycles. The van der Waals surface area contributed by atoms with Crippen molar-refractivity contribution in [1.82, 2.24) is 20.0 Å². The van der Waals surface area contributed by atoms with E-state index in [0.29, 0.717) is 5.52 Å². The van der Waals surface area contributed by atoms with E-state index in [2.05, 4.69) is 15.3 Å². The second-order valence-electron chi connectivity index (χ2n) is 3.50. The number of fused-ring (bicyclic) bond motifs is 1. The lowest BCUT2D eigenvalue weighted by atomic mass is 10.3. The van der Waals surface area contributed by atoms with E-state index in [9.17, 15) is 0 Å². The maximum atomic E-state index is 9.03. The molecule has 0 spiro atoms. The molecule has 5 nitrogen and oxygen atoms in total. The van der Waals surface area contributed by atoms with E-state index in [1.165, 1.54) is 0 Å². The third kappa shape index (κ3) is 1.43. The molecule has 17 heavy (non-hydrogen) atoms. The van der Waals surface area contributed by atoms with Crippen molar-refractivity contribution in [2.24, 2.45) is 0 Å². The van der Waals surface area contributed by atoms with Crippen molar-refractivity contribution in [2.45, 2.75) is 0 Å². The fourth-order valence-corrected chi connectivity index (χ4v) is 1.73. The van der Waals surface area contributed by atoms with Crippen molar-refractivity contribution in [3.8, 4) is 11.8 Å². The minimum absolute atomic E-state index is 0.281. The second-order valence-corrected chi connectivity index (χ2v) is 3.50.